The van der Waals surface area contributed by atoms with Crippen molar-refractivity contribution in [2.75, 3.05) is 13.2 Å². The number of aromatic hydroxyl groups is 1. The van der Waals surface area contributed by atoms with Crippen LogP contribution < -0.4 is 4.74 Å². The maximum Gasteiger partial charge on any atom is 0.294 e. The number of hydrogen-bond acceptors (Lipinski definition) is 6. The third-order valence-corrected chi connectivity index (χ3v) is 7.22. The lowest BCUT2D eigenvalue weighted by Crippen LogP contribution is -2.45. The minimum Gasteiger partial charge on any atom is -0.507 e. The van der Waals surface area contributed by atoms with E-state index in [4.69, 9.17) is 4.74 Å². The number of ether oxygens (including phenoxy) is 1. The largest absolute Gasteiger partial charge is 0.507 e. The van der Waals surface area contributed by atoms with E-state index in [0.717, 1.165) is 61.0 Å². The Morgan fingerprint density at radius 1 is 1.25 bits per heavy atom. The van der Waals surface area contributed by atoms with Gasteiger partial charge in [-0.25, -0.2) is 0 Å². The first-order valence-corrected chi connectivity index (χ1v) is 11.7. The minimum atomic E-state index is -0.745. The van der Waals surface area contributed by atoms with Gasteiger partial charge < -0.3 is 19.8 Å². The average molecular weight is 448 g/mol. The number of benzene rings is 1. The van der Waals surface area contributed by atoms with Crippen LogP contribution in [0.4, 0.5) is 0 Å². The highest BCUT2D eigenvalue weighted by Gasteiger charge is 2.45. The molecule has 0 radical (unpaired) electrons. The summed E-state index contributed by atoms with van der Waals surface area (Å²) in [5, 5.41) is 30.1. The van der Waals surface area contributed by atoms with Crippen molar-refractivity contribution in [2.45, 2.75) is 89.6 Å². The Hall–Kier alpha value is -2.28. The van der Waals surface area contributed by atoms with Crippen LogP contribution in [0.2, 0.25) is 0 Å². The van der Waals surface area contributed by atoms with Crippen molar-refractivity contribution >= 4 is 0 Å². The van der Waals surface area contributed by atoms with Gasteiger partial charge in [-0.1, -0.05) is 39.2 Å². The number of aliphatic hydroxyl groups is 1. The van der Waals surface area contributed by atoms with Gasteiger partial charge in [-0.3, -0.25) is 0 Å². The van der Waals surface area contributed by atoms with E-state index in [9.17, 15) is 20.3 Å². The molecule has 2 aliphatic rings. The summed E-state index contributed by atoms with van der Waals surface area (Å²) < 4.78 is 6.44. The fraction of sp³-hybridized carbons (Fsp3) is 0.680. The molecule has 7 heteroatoms. The molecule has 1 aromatic rings. The number of fused-ring (bicyclic) bond motifs is 3. The molecule has 2 atom stereocenters. The third-order valence-electron chi connectivity index (χ3n) is 7.22. The zero-order valence-electron chi connectivity index (χ0n) is 19.7. The maximum absolute atomic E-state index is 11.0. The van der Waals surface area contributed by atoms with Gasteiger partial charge in [-0.15, -0.1) is 10.1 Å². The molecule has 0 bridgehead atoms. The van der Waals surface area contributed by atoms with Crippen LogP contribution in [-0.4, -0.2) is 34.1 Å². The first kappa shape index (κ1) is 24.4. The second-order valence-electron chi connectivity index (χ2n) is 10.4. The topological polar surface area (TPSA) is 102 Å². The SMILES string of the molecule is CC(C)(CCCCCCO[N+](=O)[O-])c1cc(O)c2c(c1)OC(C)(C)[C@@H]1CCC(CO)=C[C@@H]21. The smallest absolute Gasteiger partial charge is 0.294 e. The Bertz CT molecular complexity index is 860. The summed E-state index contributed by atoms with van der Waals surface area (Å²) in [6, 6.07) is 3.96. The summed E-state index contributed by atoms with van der Waals surface area (Å²) in [6.07, 6.45) is 8.39. The van der Waals surface area contributed by atoms with E-state index in [2.05, 4.69) is 44.7 Å². The number of hydrogen-bond donors (Lipinski definition) is 2. The quantitative estimate of drug-likeness (QED) is 0.215. The Morgan fingerprint density at radius 2 is 1.97 bits per heavy atom. The second kappa shape index (κ2) is 9.69. The van der Waals surface area contributed by atoms with Gasteiger partial charge in [0.15, 0.2) is 0 Å². The highest BCUT2D eigenvalue weighted by molar-refractivity contribution is 5.55. The van der Waals surface area contributed by atoms with Crippen molar-refractivity contribution < 1.29 is 24.9 Å². The fourth-order valence-corrected chi connectivity index (χ4v) is 5.26. The van der Waals surface area contributed by atoms with Gasteiger partial charge in [-0.2, -0.15) is 0 Å². The van der Waals surface area contributed by atoms with Crippen molar-refractivity contribution in [3.05, 3.63) is 45.0 Å². The lowest BCUT2D eigenvalue weighted by Gasteiger charge is -2.47. The molecule has 0 fully saturated rings. The number of phenolic OH excluding ortho intramolecular Hbond substituents is 1. The van der Waals surface area contributed by atoms with Crippen molar-refractivity contribution in [3.63, 3.8) is 0 Å². The average Bonchev–Trinajstić information content (AvgIpc) is 2.71. The Balaban J connectivity index is 1.73. The molecule has 1 heterocycles. The Morgan fingerprint density at radius 3 is 2.66 bits per heavy atom. The Kier molecular flexibility index (Phi) is 7.38. The van der Waals surface area contributed by atoms with Crippen molar-refractivity contribution in [3.8, 4) is 11.5 Å². The Labute approximate surface area is 190 Å². The summed E-state index contributed by atoms with van der Waals surface area (Å²) in [4.78, 5) is 14.5. The zero-order chi connectivity index (χ0) is 23.5. The van der Waals surface area contributed by atoms with E-state index >= 15 is 0 Å². The predicted octanol–water partition coefficient (Wildman–Crippen LogP) is 5.41. The van der Waals surface area contributed by atoms with Crippen LogP contribution in [0.1, 0.15) is 89.7 Å². The molecular formula is C25H37NO6. The first-order chi connectivity index (χ1) is 15.0. The predicted molar refractivity (Wildman–Crippen MR) is 123 cm³/mol. The molecule has 0 spiro atoms. The van der Waals surface area contributed by atoms with Crippen LogP contribution in [0.3, 0.4) is 0 Å². The molecule has 1 aromatic carbocycles. The number of unbranched alkanes of at least 4 members (excludes halogenated alkanes) is 3. The van der Waals surface area contributed by atoms with Crippen LogP contribution in [0, 0.1) is 16.0 Å². The van der Waals surface area contributed by atoms with E-state index < -0.39 is 5.09 Å². The number of allylic oxidation sites excluding steroid dienone is 1. The monoisotopic (exact) mass is 447 g/mol. The van der Waals surface area contributed by atoms with Crippen molar-refractivity contribution in [1.29, 1.82) is 0 Å². The molecule has 0 saturated carbocycles. The van der Waals surface area contributed by atoms with Gasteiger partial charge >= 0.3 is 0 Å². The molecule has 2 N–H and O–H groups in total. The molecular weight excluding hydrogens is 410 g/mol. The summed E-state index contributed by atoms with van der Waals surface area (Å²) >= 11 is 0. The van der Waals surface area contributed by atoms with Crippen LogP contribution in [-0.2, 0) is 10.3 Å². The molecule has 7 nitrogen and oxygen atoms in total. The molecule has 0 unspecified atom stereocenters. The lowest BCUT2D eigenvalue weighted by atomic mass is 9.67. The fourth-order valence-electron chi connectivity index (χ4n) is 5.26. The zero-order valence-corrected chi connectivity index (χ0v) is 19.7. The number of aliphatic hydroxyl groups excluding tert-OH is 1. The van der Waals surface area contributed by atoms with Crippen LogP contribution in [0.25, 0.3) is 0 Å². The molecule has 3 rings (SSSR count). The van der Waals surface area contributed by atoms with Crippen molar-refractivity contribution in [2.24, 2.45) is 5.92 Å². The lowest BCUT2D eigenvalue weighted by molar-refractivity contribution is -0.757. The number of rotatable bonds is 10. The first-order valence-electron chi connectivity index (χ1n) is 11.7. The van der Waals surface area contributed by atoms with Gasteiger partial charge in [-0.05, 0) is 68.2 Å². The normalized spacial score (nSPS) is 21.7. The van der Waals surface area contributed by atoms with Crippen LogP contribution in [0.5, 0.6) is 11.5 Å². The molecule has 178 valence electrons. The van der Waals surface area contributed by atoms with E-state index in [1.807, 2.05) is 6.07 Å². The van der Waals surface area contributed by atoms with E-state index in [-0.39, 0.29) is 41.8 Å². The standard InChI is InChI=1S/C25H37NO6/c1-24(2,11-7-5-6-8-12-31-26(29)30)18-14-21(28)23-19-13-17(16-27)9-10-20(19)25(3,4)32-22(23)15-18/h13-15,19-20,27-28H,5-12,16H2,1-4H3/t19-,20-/m1/s1. The van der Waals surface area contributed by atoms with E-state index in [1.54, 1.807) is 0 Å². The van der Waals surface area contributed by atoms with E-state index in [1.165, 1.54) is 0 Å². The van der Waals surface area contributed by atoms with Crippen LogP contribution >= 0.6 is 0 Å². The summed E-state index contributed by atoms with van der Waals surface area (Å²) in [5.74, 6) is 1.31. The highest BCUT2D eigenvalue weighted by Crippen LogP contribution is 2.54. The number of nitrogens with zero attached hydrogens (tertiary/aromatic N) is 1. The second-order valence-corrected chi connectivity index (χ2v) is 10.4. The third kappa shape index (κ3) is 5.37. The summed E-state index contributed by atoms with van der Waals surface area (Å²) in [5.41, 5.74) is 2.41. The highest BCUT2D eigenvalue weighted by atomic mass is 16.9. The minimum absolute atomic E-state index is 0.0446. The summed E-state index contributed by atoms with van der Waals surface area (Å²) in [6.45, 7) is 8.78. The van der Waals surface area contributed by atoms with Crippen LogP contribution in [0.15, 0.2) is 23.8 Å². The van der Waals surface area contributed by atoms with Gasteiger partial charge in [0.2, 0.25) is 0 Å². The van der Waals surface area contributed by atoms with Gasteiger partial charge in [0.05, 0.1) is 13.2 Å². The molecule has 0 aromatic heterocycles. The number of phenols is 1. The summed E-state index contributed by atoms with van der Waals surface area (Å²) in [7, 11) is 0. The van der Waals surface area contributed by atoms with Gasteiger partial charge in [0.25, 0.3) is 5.09 Å². The van der Waals surface area contributed by atoms with Crippen molar-refractivity contribution in [1.82, 2.24) is 0 Å². The van der Waals surface area contributed by atoms with Gasteiger partial charge in [0, 0.05) is 17.4 Å². The molecule has 32 heavy (non-hydrogen) atoms. The maximum atomic E-state index is 11.0. The van der Waals surface area contributed by atoms with Gasteiger partial charge in [0.1, 0.15) is 17.1 Å². The molecule has 0 amide bonds. The van der Waals surface area contributed by atoms with E-state index in [0.29, 0.717) is 6.42 Å². The molecule has 1 aliphatic carbocycles. The molecule has 0 saturated heterocycles. The molecule has 1 aliphatic heterocycles.